The lowest BCUT2D eigenvalue weighted by atomic mass is 10.2. The molecule has 0 unspecified atom stereocenters. The van der Waals surface area contributed by atoms with Gasteiger partial charge in [-0.05, 0) is 41.5 Å². The Morgan fingerprint density at radius 3 is 2.40 bits per heavy atom. The van der Waals surface area contributed by atoms with E-state index in [9.17, 15) is 4.79 Å². The maximum atomic E-state index is 11.7. The zero-order valence-corrected chi connectivity index (χ0v) is 13.0. The lowest BCUT2D eigenvalue weighted by Gasteiger charge is -2.02. The molecule has 0 aromatic heterocycles. The molecule has 0 saturated heterocycles. The van der Waals surface area contributed by atoms with Gasteiger partial charge in [0.25, 0.3) is 0 Å². The molecule has 0 radical (unpaired) electrons. The van der Waals surface area contributed by atoms with Crippen molar-refractivity contribution in [2.24, 2.45) is 0 Å². The Morgan fingerprint density at radius 1 is 1.10 bits per heavy atom. The number of carbonyl (C=O) groups is 1. The molecular formula is C16H13BrClNO. The molecule has 20 heavy (non-hydrogen) atoms. The molecule has 0 bridgehead atoms. The Balaban J connectivity index is 1.86. The fourth-order valence-corrected chi connectivity index (χ4v) is 1.99. The van der Waals surface area contributed by atoms with E-state index in [1.807, 2.05) is 36.4 Å². The highest BCUT2D eigenvalue weighted by Gasteiger charge is 1.97. The highest BCUT2D eigenvalue weighted by Crippen LogP contribution is 2.11. The first-order valence-electron chi connectivity index (χ1n) is 6.09. The molecule has 0 aliphatic rings. The Bertz CT molecular complexity index is 605. The fraction of sp³-hybridized carbons (Fsp3) is 0.0625. The molecule has 0 fully saturated rings. The summed E-state index contributed by atoms with van der Waals surface area (Å²) in [5.74, 6) is -0.122. The molecule has 0 atom stereocenters. The highest BCUT2D eigenvalue weighted by molar-refractivity contribution is 9.10. The summed E-state index contributed by atoms with van der Waals surface area (Å²) in [5.41, 5.74) is 2.00. The van der Waals surface area contributed by atoms with Crippen molar-refractivity contribution >= 4 is 39.5 Å². The minimum absolute atomic E-state index is 0.122. The normalized spacial score (nSPS) is 10.7. The van der Waals surface area contributed by atoms with Crippen LogP contribution in [0.3, 0.4) is 0 Å². The Morgan fingerprint density at radius 2 is 1.75 bits per heavy atom. The van der Waals surface area contributed by atoms with Crippen molar-refractivity contribution in [2.45, 2.75) is 6.54 Å². The van der Waals surface area contributed by atoms with Crippen LogP contribution in [0.15, 0.2) is 59.1 Å². The Hall–Kier alpha value is -1.58. The molecule has 1 N–H and O–H groups in total. The molecule has 2 rings (SSSR count). The van der Waals surface area contributed by atoms with E-state index in [-0.39, 0.29) is 5.91 Å². The third kappa shape index (κ3) is 4.83. The number of benzene rings is 2. The number of hydrogen-bond donors (Lipinski definition) is 1. The molecule has 0 spiro atoms. The molecule has 0 heterocycles. The lowest BCUT2D eigenvalue weighted by molar-refractivity contribution is -0.116. The minimum atomic E-state index is -0.122. The van der Waals surface area contributed by atoms with Crippen molar-refractivity contribution in [1.82, 2.24) is 5.32 Å². The zero-order valence-electron chi connectivity index (χ0n) is 10.6. The Labute approximate surface area is 131 Å². The number of carbonyl (C=O) groups excluding carboxylic acids is 1. The first-order valence-corrected chi connectivity index (χ1v) is 7.26. The minimum Gasteiger partial charge on any atom is -0.348 e. The predicted molar refractivity (Wildman–Crippen MR) is 86.5 cm³/mol. The SMILES string of the molecule is O=C(/C=C/c1ccc(Cl)cc1)NCc1ccc(Br)cc1. The van der Waals surface area contributed by atoms with Crippen LogP contribution in [0.2, 0.25) is 5.02 Å². The highest BCUT2D eigenvalue weighted by atomic mass is 79.9. The summed E-state index contributed by atoms with van der Waals surface area (Å²) in [5, 5.41) is 3.52. The smallest absolute Gasteiger partial charge is 0.244 e. The first kappa shape index (κ1) is 14.8. The van der Waals surface area contributed by atoms with Gasteiger partial charge in [-0.3, -0.25) is 4.79 Å². The van der Waals surface area contributed by atoms with Crippen molar-refractivity contribution in [3.05, 3.63) is 75.2 Å². The predicted octanol–water partition coefficient (Wildman–Crippen LogP) is 4.43. The van der Waals surface area contributed by atoms with Gasteiger partial charge in [0.2, 0.25) is 5.91 Å². The molecular weight excluding hydrogens is 338 g/mol. The van der Waals surface area contributed by atoms with Crippen LogP contribution in [-0.4, -0.2) is 5.91 Å². The molecule has 0 aliphatic carbocycles. The van der Waals surface area contributed by atoms with E-state index in [2.05, 4.69) is 21.2 Å². The monoisotopic (exact) mass is 349 g/mol. The first-order chi connectivity index (χ1) is 9.63. The van der Waals surface area contributed by atoms with Crippen molar-refractivity contribution in [3.63, 3.8) is 0 Å². The summed E-state index contributed by atoms with van der Waals surface area (Å²) in [6.45, 7) is 0.511. The van der Waals surface area contributed by atoms with E-state index in [1.54, 1.807) is 18.2 Å². The van der Waals surface area contributed by atoms with Gasteiger partial charge in [-0.1, -0.05) is 51.8 Å². The van der Waals surface area contributed by atoms with E-state index < -0.39 is 0 Å². The number of rotatable bonds is 4. The number of hydrogen-bond acceptors (Lipinski definition) is 1. The van der Waals surface area contributed by atoms with Crippen LogP contribution >= 0.6 is 27.5 Å². The largest absolute Gasteiger partial charge is 0.348 e. The van der Waals surface area contributed by atoms with E-state index in [0.717, 1.165) is 15.6 Å². The average Bonchev–Trinajstić information content (AvgIpc) is 2.46. The number of halogens is 2. The Kier molecular flexibility index (Phi) is 5.39. The van der Waals surface area contributed by atoms with E-state index >= 15 is 0 Å². The molecule has 0 saturated carbocycles. The summed E-state index contributed by atoms with van der Waals surface area (Å²) in [6.07, 6.45) is 3.27. The van der Waals surface area contributed by atoms with E-state index in [1.165, 1.54) is 6.08 Å². The van der Waals surface area contributed by atoms with Crippen molar-refractivity contribution in [1.29, 1.82) is 0 Å². The van der Waals surface area contributed by atoms with Crippen LogP contribution < -0.4 is 5.32 Å². The standard InChI is InChI=1S/C16H13BrClNO/c17-14-6-1-13(2-7-14)11-19-16(20)10-5-12-3-8-15(18)9-4-12/h1-10H,11H2,(H,19,20)/b10-5+. The summed E-state index contributed by atoms with van der Waals surface area (Å²) in [7, 11) is 0. The lowest BCUT2D eigenvalue weighted by Crippen LogP contribution is -2.20. The topological polar surface area (TPSA) is 29.1 Å². The maximum Gasteiger partial charge on any atom is 0.244 e. The molecule has 1 amide bonds. The van der Waals surface area contributed by atoms with Gasteiger partial charge < -0.3 is 5.32 Å². The van der Waals surface area contributed by atoms with Gasteiger partial charge >= 0.3 is 0 Å². The molecule has 0 aliphatic heterocycles. The fourth-order valence-electron chi connectivity index (χ4n) is 1.60. The summed E-state index contributed by atoms with van der Waals surface area (Å²) in [4.78, 5) is 11.7. The summed E-state index contributed by atoms with van der Waals surface area (Å²) >= 11 is 9.17. The van der Waals surface area contributed by atoms with Crippen LogP contribution in [0, 0.1) is 0 Å². The van der Waals surface area contributed by atoms with Gasteiger partial charge in [0.15, 0.2) is 0 Å². The van der Waals surface area contributed by atoms with Crippen molar-refractivity contribution < 1.29 is 4.79 Å². The zero-order chi connectivity index (χ0) is 14.4. The van der Waals surface area contributed by atoms with E-state index in [0.29, 0.717) is 11.6 Å². The van der Waals surface area contributed by atoms with E-state index in [4.69, 9.17) is 11.6 Å². The van der Waals surface area contributed by atoms with Crippen molar-refractivity contribution in [2.75, 3.05) is 0 Å². The van der Waals surface area contributed by atoms with Crippen LogP contribution in [-0.2, 0) is 11.3 Å². The third-order valence-electron chi connectivity index (χ3n) is 2.68. The second kappa shape index (κ2) is 7.27. The molecule has 102 valence electrons. The average molecular weight is 351 g/mol. The quantitative estimate of drug-likeness (QED) is 0.812. The maximum absolute atomic E-state index is 11.7. The van der Waals surface area contributed by atoms with Gasteiger partial charge in [0, 0.05) is 22.1 Å². The summed E-state index contributed by atoms with van der Waals surface area (Å²) < 4.78 is 1.02. The second-order valence-electron chi connectivity index (χ2n) is 4.23. The van der Waals surface area contributed by atoms with Gasteiger partial charge in [0.1, 0.15) is 0 Å². The molecule has 2 nitrogen and oxygen atoms in total. The number of nitrogens with one attached hydrogen (secondary N) is 1. The van der Waals surface area contributed by atoms with Crippen LogP contribution in [0.1, 0.15) is 11.1 Å². The molecule has 2 aromatic rings. The second-order valence-corrected chi connectivity index (χ2v) is 5.58. The van der Waals surface area contributed by atoms with Gasteiger partial charge in [-0.2, -0.15) is 0 Å². The van der Waals surface area contributed by atoms with Gasteiger partial charge in [-0.15, -0.1) is 0 Å². The van der Waals surface area contributed by atoms with Crippen LogP contribution in [0.5, 0.6) is 0 Å². The van der Waals surface area contributed by atoms with Gasteiger partial charge in [-0.25, -0.2) is 0 Å². The van der Waals surface area contributed by atoms with Gasteiger partial charge in [0.05, 0.1) is 0 Å². The van der Waals surface area contributed by atoms with Crippen molar-refractivity contribution in [3.8, 4) is 0 Å². The third-order valence-corrected chi connectivity index (χ3v) is 3.46. The summed E-state index contributed by atoms with van der Waals surface area (Å²) in [6, 6.07) is 15.1. The number of amides is 1. The molecule has 4 heteroatoms. The van der Waals surface area contributed by atoms with Crippen LogP contribution in [0.25, 0.3) is 6.08 Å². The molecule has 2 aromatic carbocycles. The van der Waals surface area contributed by atoms with Crippen LogP contribution in [0.4, 0.5) is 0 Å².